The molecule has 1 aliphatic rings. The molecule has 1 aliphatic heterocycles. The van der Waals surface area contributed by atoms with Crippen LogP contribution >= 0.6 is 11.6 Å². The van der Waals surface area contributed by atoms with E-state index in [1.165, 1.54) is 55.6 Å². The average molecular weight is 456 g/mol. The summed E-state index contributed by atoms with van der Waals surface area (Å²) in [6, 6.07) is 13.7. The van der Waals surface area contributed by atoms with Crippen LogP contribution in [-0.4, -0.2) is 23.9 Å². The number of anilines is 1. The fourth-order valence-corrected chi connectivity index (χ4v) is 3.83. The summed E-state index contributed by atoms with van der Waals surface area (Å²) in [5.41, 5.74) is -0.268. The third-order valence-electron chi connectivity index (χ3n) is 5.17. The van der Waals surface area contributed by atoms with Crippen LogP contribution in [-0.2, 0) is 9.59 Å². The minimum Gasteiger partial charge on any atom is -0.507 e. The Morgan fingerprint density at radius 1 is 1.03 bits per heavy atom. The van der Waals surface area contributed by atoms with Crippen molar-refractivity contribution < 1.29 is 28.2 Å². The van der Waals surface area contributed by atoms with Gasteiger partial charge in [0.15, 0.2) is 0 Å². The van der Waals surface area contributed by atoms with E-state index >= 15 is 0 Å². The van der Waals surface area contributed by atoms with Gasteiger partial charge in [-0.25, -0.2) is 8.78 Å². The van der Waals surface area contributed by atoms with Crippen molar-refractivity contribution in [3.8, 4) is 5.75 Å². The number of benzene rings is 3. The first kappa shape index (κ1) is 21.5. The molecule has 1 amide bonds. The van der Waals surface area contributed by atoms with Crippen molar-refractivity contribution in [3.63, 3.8) is 0 Å². The van der Waals surface area contributed by atoms with E-state index in [1.54, 1.807) is 6.07 Å². The number of carbonyl (C=O) groups is 2. The zero-order valence-corrected chi connectivity index (χ0v) is 17.4. The van der Waals surface area contributed by atoms with E-state index in [-0.39, 0.29) is 28.1 Å². The number of Topliss-reactive ketones (excluding diaryl/α,β-unsaturated/α-hetero) is 1. The molecule has 4 rings (SSSR count). The Morgan fingerprint density at radius 2 is 1.72 bits per heavy atom. The van der Waals surface area contributed by atoms with Crippen molar-refractivity contribution in [2.45, 2.75) is 6.04 Å². The topological polar surface area (TPSA) is 66.8 Å². The zero-order chi connectivity index (χ0) is 23.0. The number of aliphatic hydroxyl groups is 1. The molecular formula is C24H16ClF2NO4. The predicted molar refractivity (Wildman–Crippen MR) is 116 cm³/mol. The van der Waals surface area contributed by atoms with Crippen LogP contribution < -0.4 is 9.64 Å². The first-order valence-electron chi connectivity index (χ1n) is 9.48. The molecule has 5 nitrogen and oxygen atoms in total. The Balaban J connectivity index is 2.01. The van der Waals surface area contributed by atoms with E-state index < -0.39 is 35.1 Å². The summed E-state index contributed by atoms with van der Waals surface area (Å²) in [7, 11) is 1.31. The molecule has 0 radical (unpaired) electrons. The maximum Gasteiger partial charge on any atom is 0.300 e. The molecule has 0 saturated carbocycles. The quantitative estimate of drug-likeness (QED) is 0.331. The van der Waals surface area contributed by atoms with Crippen molar-refractivity contribution in [2.75, 3.05) is 12.0 Å². The molecule has 1 saturated heterocycles. The number of hydrogen-bond acceptors (Lipinski definition) is 4. The second-order valence-corrected chi connectivity index (χ2v) is 7.45. The number of halogens is 3. The monoisotopic (exact) mass is 455 g/mol. The standard InChI is InChI=1S/C24H16ClF2NO4/c1-32-19-11-8-14(26)12-17(19)22(29)20-21(16-4-2-3-5-18(16)27)28(24(31)23(20)30)15-9-6-13(25)7-10-15/h2-12,21,29H,1H3/b22-20+. The van der Waals surface area contributed by atoms with Crippen molar-refractivity contribution in [1.82, 2.24) is 0 Å². The van der Waals surface area contributed by atoms with Gasteiger partial charge in [-0.2, -0.15) is 0 Å². The van der Waals surface area contributed by atoms with Crippen molar-refractivity contribution in [2.24, 2.45) is 0 Å². The van der Waals surface area contributed by atoms with E-state index in [1.807, 2.05) is 0 Å². The average Bonchev–Trinajstić information content (AvgIpc) is 3.04. The lowest BCUT2D eigenvalue weighted by Crippen LogP contribution is -2.29. The number of methoxy groups -OCH3 is 1. The number of hydrogen-bond donors (Lipinski definition) is 1. The molecule has 0 bridgehead atoms. The molecule has 32 heavy (non-hydrogen) atoms. The van der Waals surface area contributed by atoms with Gasteiger partial charge in [-0.05, 0) is 48.5 Å². The number of rotatable bonds is 4. The van der Waals surface area contributed by atoms with Crippen molar-refractivity contribution in [3.05, 3.63) is 100 Å². The Morgan fingerprint density at radius 3 is 2.38 bits per heavy atom. The third-order valence-corrected chi connectivity index (χ3v) is 5.42. The molecule has 1 fully saturated rings. The number of carbonyl (C=O) groups excluding carboxylic acids is 2. The molecule has 3 aromatic rings. The van der Waals surface area contributed by atoms with Crippen LogP contribution in [0.1, 0.15) is 17.2 Å². The highest BCUT2D eigenvalue weighted by atomic mass is 35.5. The van der Waals surface area contributed by atoms with Crippen molar-refractivity contribution >= 4 is 34.7 Å². The summed E-state index contributed by atoms with van der Waals surface area (Å²) in [5, 5.41) is 11.5. The maximum atomic E-state index is 14.8. The summed E-state index contributed by atoms with van der Waals surface area (Å²) < 4.78 is 34.0. The molecule has 162 valence electrons. The molecule has 0 aliphatic carbocycles. The van der Waals surface area contributed by atoms with Crippen LogP contribution in [0.15, 0.2) is 72.3 Å². The second-order valence-electron chi connectivity index (χ2n) is 7.01. The van der Waals surface area contributed by atoms with E-state index in [0.717, 1.165) is 17.0 Å². The van der Waals surface area contributed by atoms with Gasteiger partial charge < -0.3 is 9.84 Å². The molecule has 1 unspecified atom stereocenters. The largest absolute Gasteiger partial charge is 0.507 e. The fraction of sp³-hybridized carbons (Fsp3) is 0.0833. The van der Waals surface area contributed by atoms with Gasteiger partial charge in [-0.3, -0.25) is 14.5 Å². The number of amides is 1. The van der Waals surface area contributed by atoms with E-state index in [9.17, 15) is 23.5 Å². The zero-order valence-electron chi connectivity index (χ0n) is 16.7. The van der Waals surface area contributed by atoms with Gasteiger partial charge in [0.2, 0.25) is 0 Å². The second kappa shape index (κ2) is 8.43. The lowest BCUT2D eigenvalue weighted by atomic mass is 9.94. The highest BCUT2D eigenvalue weighted by molar-refractivity contribution is 6.51. The molecule has 0 spiro atoms. The molecule has 0 aromatic heterocycles. The first-order valence-corrected chi connectivity index (χ1v) is 9.86. The Hall–Kier alpha value is -3.71. The number of ketones is 1. The predicted octanol–water partition coefficient (Wildman–Crippen LogP) is 5.25. The first-order chi connectivity index (χ1) is 15.3. The fourth-order valence-electron chi connectivity index (χ4n) is 3.70. The van der Waals surface area contributed by atoms with Gasteiger partial charge in [0.25, 0.3) is 11.7 Å². The Bertz CT molecular complexity index is 1260. The molecule has 1 heterocycles. The highest BCUT2D eigenvalue weighted by Crippen LogP contribution is 2.44. The van der Waals surface area contributed by atoms with Gasteiger partial charge >= 0.3 is 0 Å². The molecule has 1 N–H and O–H groups in total. The number of ether oxygens (including phenoxy) is 1. The summed E-state index contributed by atoms with van der Waals surface area (Å²) >= 11 is 5.94. The minimum atomic E-state index is -1.30. The van der Waals surface area contributed by atoms with Crippen LogP contribution in [0.2, 0.25) is 5.02 Å². The van der Waals surface area contributed by atoms with Gasteiger partial charge in [0.05, 0.1) is 24.3 Å². The van der Waals surface area contributed by atoms with Crippen LogP contribution in [0, 0.1) is 11.6 Å². The highest BCUT2D eigenvalue weighted by Gasteiger charge is 2.48. The summed E-state index contributed by atoms with van der Waals surface area (Å²) in [6.07, 6.45) is 0. The smallest absolute Gasteiger partial charge is 0.300 e. The maximum absolute atomic E-state index is 14.8. The van der Waals surface area contributed by atoms with E-state index in [4.69, 9.17) is 16.3 Å². The van der Waals surface area contributed by atoms with E-state index in [0.29, 0.717) is 5.02 Å². The minimum absolute atomic E-state index is 0.0152. The van der Waals surface area contributed by atoms with Crippen LogP contribution in [0.25, 0.3) is 5.76 Å². The van der Waals surface area contributed by atoms with Gasteiger partial charge in [-0.1, -0.05) is 29.8 Å². The lowest BCUT2D eigenvalue weighted by Gasteiger charge is -2.26. The van der Waals surface area contributed by atoms with Crippen LogP contribution in [0.4, 0.5) is 14.5 Å². The van der Waals surface area contributed by atoms with Gasteiger partial charge in [-0.15, -0.1) is 0 Å². The lowest BCUT2D eigenvalue weighted by molar-refractivity contribution is -0.132. The summed E-state index contributed by atoms with van der Waals surface area (Å²) in [5.74, 6) is -4.00. The van der Waals surface area contributed by atoms with Crippen LogP contribution in [0.3, 0.4) is 0 Å². The molecular weight excluding hydrogens is 440 g/mol. The molecule has 3 aromatic carbocycles. The van der Waals surface area contributed by atoms with Gasteiger partial charge in [0, 0.05) is 16.3 Å². The Labute approximate surface area is 187 Å². The molecule has 8 heteroatoms. The molecule has 1 atom stereocenters. The van der Waals surface area contributed by atoms with Crippen molar-refractivity contribution in [1.29, 1.82) is 0 Å². The van der Waals surface area contributed by atoms with Crippen LogP contribution in [0.5, 0.6) is 5.75 Å². The summed E-state index contributed by atoms with van der Waals surface area (Å²) in [4.78, 5) is 27.2. The van der Waals surface area contributed by atoms with E-state index in [2.05, 4.69) is 0 Å². The number of aliphatic hydroxyl groups excluding tert-OH is 1. The van der Waals surface area contributed by atoms with Gasteiger partial charge in [0.1, 0.15) is 23.1 Å². The third kappa shape index (κ3) is 3.61. The Kier molecular flexibility index (Phi) is 5.67. The normalized spacial score (nSPS) is 17.6. The number of nitrogens with zero attached hydrogens (tertiary/aromatic N) is 1. The summed E-state index contributed by atoms with van der Waals surface area (Å²) in [6.45, 7) is 0. The SMILES string of the molecule is COc1ccc(F)cc1/C(O)=C1\C(=O)C(=O)N(c2ccc(Cl)cc2)C1c1ccccc1F.